The molecular formula is C16H14BrClN2O. The molecule has 2 aromatic carbocycles. The minimum Gasteiger partial charge on any atom is -0.324 e. The Hall–Kier alpha value is -1.36. The third-order valence-corrected chi connectivity index (χ3v) is 4.49. The quantitative estimate of drug-likeness (QED) is 0.846. The van der Waals surface area contributed by atoms with Gasteiger partial charge in [-0.25, -0.2) is 0 Å². The second-order valence-electron chi connectivity index (χ2n) is 5.00. The molecule has 5 heteroatoms. The lowest BCUT2D eigenvalue weighted by Gasteiger charge is -2.25. The summed E-state index contributed by atoms with van der Waals surface area (Å²) >= 11 is 9.33. The van der Waals surface area contributed by atoms with E-state index in [2.05, 4.69) is 32.6 Å². The fraction of sp³-hybridized carbons (Fsp3) is 0.188. The number of anilines is 1. The van der Waals surface area contributed by atoms with Crippen LogP contribution in [0.5, 0.6) is 0 Å². The minimum absolute atomic E-state index is 0.0160. The van der Waals surface area contributed by atoms with E-state index >= 15 is 0 Å². The lowest BCUT2D eigenvalue weighted by molar-refractivity contribution is -0.117. The van der Waals surface area contributed by atoms with Crippen LogP contribution in [-0.4, -0.2) is 12.5 Å². The number of fused-ring (bicyclic) bond motifs is 1. The minimum atomic E-state index is -0.183. The topological polar surface area (TPSA) is 41.1 Å². The number of hydrogen-bond donors (Lipinski definition) is 2. The summed E-state index contributed by atoms with van der Waals surface area (Å²) in [6.07, 6.45) is 0. The summed E-state index contributed by atoms with van der Waals surface area (Å²) in [5, 5.41) is 6.88. The van der Waals surface area contributed by atoms with E-state index in [-0.39, 0.29) is 11.8 Å². The zero-order valence-electron chi connectivity index (χ0n) is 11.2. The SMILES string of the molecule is O=C(Nc1ccc(Cl)cc1Br)C1CNCc2ccccc21. The van der Waals surface area contributed by atoms with Crippen molar-refractivity contribution in [2.75, 3.05) is 11.9 Å². The molecule has 3 rings (SSSR count). The predicted molar refractivity (Wildman–Crippen MR) is 88.7 cm³/mol. The Bertz CT molecular complexity index is 690. The van der Waals surface area contributed by atoms with Crippen molar-refractivity contribution in [2.24, 2.45) is 0 Å². The van der Waals surface area contributed by atoms with Gasteiger partial charge in [-0.2, -0.15) is 0 Å². The lowest BCUT2D eigenvalue weighted by Crippen LogP contribution is -2.35. The summed E-state index contributed by atoms with van der Waals surface area (Å²) in [4.78, 5) is 12.6. The number of halogens is 2. The summed E-state index contributed by atoms with van der Waals surface area (Å²) in [5.41, 5.74) is 3.00. The van der Waals surface area contributed by atoms with Gasteiger partial charge in [-0.3, -0.25) is 4.79 Å². The van der Waals surface area contributed by atoms with Gasteiger partial charge in [0.25, 0.3) is 0 Å². The maximum absolute atomic E-state index is 12.6. The number of rotatable bonds is 2. The highest BCUT2D eigenvalue weighted by Crippen LogP contribution is 2.29. The molecule has 0 bridgehead atoms. The Labute approximate surface area is 136 Å². The molecule has 0 radical (unpaired) electrons. The zero-order valence-corrected chi connectivity index (χ0v) is 13.5. The van der Waals surface area contributed by atoms with Crippen molar-refractivity contribution in [1.82, 2.24) is 5.32 Å². The molecule has 0 aliphatic carbocycles. The maximum Gasteiger partial charge on any atom is 0.233 e. The van der Waals surface area contributed by atoms with Gasteiger partial charge in [-0.05, 0) is 45.3 Å². The predicted octanol–water partition coefficient (Wildman–Crippen LogP) is 3.93. The molecular weight excluding hydrogens is 352 g/mol. The molecule has 2 aromatic rings. The second-order valence-corrected chi connectivity index (χ2v) is 6.29. The highest BCUT2D eigenvalue weighted by atomic mass is 79.9. The van der Waals surface area contributed by atoms with E-state index in [1.165, 1.54) is 5.56 Å². The Balaban J connectivity index is 1.83. The van der Waals surface area contributed by atoms with Crippen LogP contribution >= 0.6 is 27.5 Å². The van der Waals surface area contributed by atoms with Crippen molar-refractivity contribution in [1.29, 1.82) is 0 Å². The van der Waals surface area contributed by atoms with Gasteiger partial charge < -0.3 is 10.6 Å². The summed E-state index contributed by atoms with van der Waals surface area (Å²) < 4.78 is 0.778. The van der Waals surface area contributed by atoms with E-state index in [4.69, 9.17) is 11.6 Å². The van der Waals surface area contributed by atoms with Crippen LogP contribution in [0.2, 0.25) is 5.02 Å². The van der Waals surface area contributed by atoms with Crippen molar-refractivity contribution in [3.63, 3.8) is 0 Å². The summed E-state index contributed by atoms with van der Waals surface area (Å²) in [5.74, 6) is -0.199. The first-order valence-corrected chi connectivity index (χ1v) is 7.86. The van der Waals surface area contributed by atoms with Crippen LogP contribution in [-0.2, 0) is 11.3 Å². The first-order valence-electron chi connectivity index (χ1n) is 6.69. The Morgan fingerprint density at radius 3 is 2.90 bits per heavy atom. The van der Waals surface area contributed by atoms with Gasteiger partial charge >= 0.3 is 0 Å². The number of carbonyl (C=O) groups is 1. The van der Waals surface area contributed by atoms with E-state index in [0.29, 0.717) is 11.6 Å². The molecule has 2 N–H and O–H groups in total. The third-order valence-electron chi connectivity index (χ3n) is 3.60. The summed E-state index contributed by atoms with van der Waals surface area (Å²) in [6, 6.07) is 13.4. The first kappa shape index (κ1) is 14.6. The molecule has 0 saturated heterocycles. The monoisotopic (exact) mass is 364 g/mol. The molecule has 0 aromatic heterocycles. The van der Waals surface area contributed by atoms with Crippen molar-refractivity contribution < 1.29 is 4.79 Å². The van der Waals surface area contributed by atoms with Crippen molar-refractivity contribution in [3.05, 3.63) is 63.1 Å². The Morgan fingerprint density at radius 2 is 2.10 bits per heavy atom. The Morgan fingerprint density at radius 1 is 1.29 bits per heavy atom. The number of carbonyl (C=O) groups excluding carboxylic acids is 1. The van der Waals surface area contributed by atoms with Gasteiger partial charge in [-0.1, -0.05) is 35.9 Å². The number of nitrogens with one attached hydrogen (secondary N) is 2. The van der Waals surface area contributed by atoms with Gasteiger partial charge in [0.1, 0.15) is 0 Å². The summed E-state index contributed by atoms with van der Waals surface area (Å²) in [7, 11) is 0. The fourth-order valence-electron chi connectivity index (χ4n) is 2.54. The molecule has 1 aliphatic heterocycles. The van der Waals surface area contributed by atoms with E-state index in [0.717, 1.165) is 22.3 Å². The van der Waals surface area contributed by atoms with Crippen molar-refractivity contribution in [2.45, 2.75) is 12.5 Å². The number of hydrogen-bond acceptors (Lipinski definition) is 2. The molecule has 1 unspecified atom stereocenters. The van der Waals surface area contributed by atoms with Crippen molar-refractivity contribution >= 4 is 39.1 Å². The largest absolute Gasteiger partial charge is 0.324 e. The fourth-order valence-corrected chi connectivity index (χ4v) is 3.32. The molecule has 1 amide bonds. The summed E-state index contributed by atoms with van der Waals surface area (Å²) in [6.45, 7) is 1.46. The van der Waals surface area contributed by atoms with Gasteiger partial charge in [0.05, 0.1) is 11.6 Å². The maximum atomic E-state index is 12.6. The van der Waals surface area contributed by atoms with E-state index in [1.54, 1.807) is 18.2 Å². The molecule has 108 valence electrons. The van der Waals surface area contributed by atoms with E-state index in [1.807, 2.05) is 18.2 Å². The van der Waals surface area contributed by atoms with Crippen LogP contribution in [0.15, 0.2) is 46.9 Å². The van der Waals surface area contributed by atoms with Gasteiger partial charge in [-0.15, -0.1) is 0 Å². The highest BCUT2D eigenvalue weighted by Gasteiger charge is 2.26. The molecule has 3 nitrogen and oxygen atoms in total. The van der Waals surface area contributed by atoms with Crippen molar-refractivity contribution in [3.8, 4) is 0 Å². The zero-order chi connectivity index (χ0) is 14.8. The van der Waals surface area contributed by atoms with Crippen LogP contribution in [0.3, 0.4) is 0 Å². The van der Waals surface area contributed by atoms with Crippen LogP contribution in [0.1, 0.15) is 17.0 Å². The average Bonchev–Trinajstić information content (AvgIpc) is 2.49. The molecule has 1 heterocycles. The molecule has 0 spiro atoms. The normalized spacial score (nSPS) is 17.1. The van der Waals surface area contributed by atoms with E-state index < -0.39 is 0 Å². The second kappa shape index (κ2) is 6.18. The van der Waals surface area contributed by atoms with Gasteiger partial charge in [0.15, 0.2) is 0 Å². The lowest BCUT2D eigenvalue weighted by atomic mass is 9.90. The van der Waals surface area contributed by atoms with Gasteiger partial charge in [0, 0.05) is 22.6 Å². The van der Waals surface area contributed by atoms with Crippen LogP contribution in [0.4, 0.5) is 5.69 Å². The van der Waals surface area contributed by atoms with Crippen LogP contribution in [0, 0.1) is 0 Å². The number of benzene rings is 2. The Kier molecular flexibility index (Phi) is 4.29. The molecule has 1 aliphatic rings. The van der Waals surface area contributed by atoms with E-state index in [9.17, 15) is 4.79 Å². The molecule has 0 fully saturated rings. The first-order chi connectivity index (χ1) is 10.1. The molecule has 21 heavy (non-hydrogen) atoms. The van der Waals surface area contributed by atoms with Gasteiger partial charge in [0.2, 0.25) is 5.91 Å². The standard InChI is InChI=1S/C16H14BrClN2O/c17-14-7-11(18)5-6-15(14)20-16(21)13-9-19-8-10-3-1-2-4-12(10)13/h1-7,13,19H,8-9H2,(H,20,21). The number of amides is 1. The smallest absolute Gasteiger partial charge is 0.233 e. The van der Waals surface area contributed by atoms with Crippen LogP contribution < -0.4 is 10.6 Å². The average molecular weight is 366 g/mol. The van der Waals surface area contributed by atoms with Crippen LogP contribution in [0.25, 0.3) is 0 Å². The highest BCUT2D eigenvalue weighted by molar-refractivity contribution is 9.10. The molecule has 0 saturated carbocycles. The molecule has 1 atom stereocenters. The third kappa shape index (κ3) is 3.12.